The van der Waals surface area contributed by atoms with Crippen LogP contribution < -0.4 is 0 Å². The van der Waals surface area contributed by atoms with Crippen molar-refractivity contribution in [3.63, 3.8) is 0 Å². The van der Waals surface area contributed by atoms with Gasteiger partial charge in [-0.05, 0) is 56.3 Å². The van der Waals surface area contributed by atoms with Crippen LogP contribution in [0.25, 0.3) is 0 Å². The molecule has 2 saturated heterocycles. The Balaban J connectivity index is 1.62. The molecule has 2 heterocycles. The molecule has 0 aromatic carbocycles. The third-order valence-electron chi connectivity index (χ3n) is 6.51. The highest BCUT2D eigenvalue weighted by atomic mass is 16.6. The maximum atomic E-state index is 10.3. The Hall–Kier alpha value is -0.120. The van der Waals surface area contributed by atoms with Gasteiger partial charge in [0.1, 0.15) is 5.60 Å². The van der Waals surface area contributed by atoms with E-state index in [-0.39, 0.29) is 17.3 Å². The number of hydrogen-bond donors (Lipinski definition) is 1. The fourth-order valence-corrected chi connectivity index (χ4v) is 4.78. The molecule has 0 aromatic rings. The van der Waals surface area contributed by atoms with E-state index in [1.54, 1.807) is 0 Å². The van der Waals surface area contributed by atoms with E-state index < -0.39 is 0 Å². The van der Waals surface area contributed by atoms with Crippen molar-refractivity contribution in [2.45, 2.75) is 63.3 Å². The number of epoxide rings is 2. The van der Waals surface area contributed by atoms with Crippen molar-refractivity contribution >= 4 is 0 Å². The zero-order valence-corrected chi connectivity index (χ0v) is 11.4. The molecule has 4 rings (SSSR count). The van der Waals surface area contributed by atoms with Crippen LogP contribution in [0, 0.1) is 17.3 Å². The van der Waals surface area contributed by atoms with Crippen LogP contribution in [0.3, 0.4) is 0 Å². The Morgan fingerprint density at radius 1 is 1.06 bits per heavy atom. The van der Waals surface area contributed by atoms with Crippen molar-refractivity contribution in [3.8, 4) is 0 Å². The minimum Gasteiger partial charge on any atom is -0.390 e. The minimum atomic E-state index is -0.234. The van der Waals surface area contributed by atoms with Gasteiger partial charge in [0.2, 0.25) is 0 Å². The lowest BCUT2D eigenvalue weighted by atomic mass is 9.53. The Kier molecular flexibility index (Phi) is 2.15. The summed E-state index contributed by atoms with van der Waals surface area (Å²) in [5.74, 6) is 1.20. The summed E-state index contributed by atoms with van der Waals surface area (Å²) in [4.78, 5) is 0. The van der Waals surface area contributed by atoms with Gasteiger partial charge in [0.15, 0.2) is 0 Å². The molecule has 0 radical (unpaired) electrons. The molecule has 0 amide bonds. The molecule has 4 fully saturated rings. The Morgan fingerprint density at radius 2 is 1.72 bits per heavy atom. The molecular formula is C15H24O3. The number of hydrogen-bond acceptors (Lipinski definition) is 3. The molecule has 2 aliphatic carbocycles. The molecule has 3 heteroatoms. The highest BCUT2D eigenvalue weighted by Crippen LogP contribution is 2.62. The number of ether oxygens (including phenoxy) is 2. The van der Waals surface area contributed by atoms with Crippen LogP contribution in [0.2, 0.25) is 0 Å². The van der Waals surface area contributed by atoms with Gasteiger partial charge in [-0.2, -0.15) is 0 Å². The van der Waals surface area contributed by atoms with Crippen LogP contribution in [0.4, 0.5) is 0 Å². The monoisotopic (exact) mass is 252 g/mol. The zero-order chi connectivity index (χ0) is 12.6. The molecule has 102 valence electrons. The first-order chi connectivity index (χ1) is 8.49. The van der Waals surface area contributed by atoms with Crippen molar-refractivity contribution < 1.29 is 14.6 Å². The first kappa shape index (κ1) is 11.7. The first-order valence-electron chi connectivity index (χ1n) is 7.45. The van der Waals surface area contributed by atoms with Crippen molar-refractivity contribution in [1.82, 2.24) is 0 Å². The van der Waals surface area contributed by atoms with E-state index in [0.29, 0.717) is 17.3 Å². The first-order valence-corrected chi connectivity index (χ1v) is 7.45. The van der Waals surface area contributed by atoms with E-state index >= 15 is 0 Å². The molecule has 3 nitrogen and oxygen atoms in total. The Bertz CT molecular complexity index is 370. The summed E-state index contributed by atoms with van der Waals surface area (Å²) in [6.07, 6.45) is 5.60. The van der Waals surface area contributed by atoms with Crippen molar-refractivity contribution in [2.24, 2.45) is 17.3 Å². The number of rotatable bonds is 1. The Labute approximate surface area is 109 Å². The molecule has 2 saturated carbocycles. The smallest absolute Gasteiger partial charge is 0.121 e. The summed E-state index contributed by atoms with van der Waals surface area (Å²) in [5, 5.41) is 10.3. The molecular weight excluding hydrogens is 228 g/mol. The second kappa shape index (κ2) is 3.31. The lowest BCUT2D eigenvalue weighted by Gasteiger charge is -2.52. The molecule has 0 aromatic heterocycles. The highest BCUT2D eigenvalue weighted by Gasteiger charge is 2.66. The molecule has 4 aliphatic rings. The van der Waals surface area contributed by atoms with Crippen LogP contribution in [-0.4, -0.2) is 35.6 Å². The number of fused-ring (bicyclic) bond motifs is 2. The average Bonchev–Trinajstić information content (AvgIpc) is 3.23. The number of aliphatic hydroxyl groups is 1. The third kappa shape index (κ3) is 1.41. The number of aliphatic hydroxyl groups excluding tert-OH is 1. The van der Waals surface area contributed by atoms with Gasteiger partial charge in [-0.1, -0.05) is 6.92 Å². The van der Waals surface area contributed by atoms with Gasteiger partial charge >= 0.3 is 0 Å². The molecule has 1 spiro atoms. The van der Waals surface area contributed by atoms with Crippen LogP contribution in [-0.2, 0) is 9.47 Å². The van der Waals surface area contributed by atoms with Crippen LogP contribution in [0.5, 0.6) is 0 Å². The average molecular weight is 252 g/mol. The summed E-state index contributed by atoms with van der Waals surface area (Å²) < 4.78 is 11.4. The zero-order valence-electron chi connectivity index (χ0n) is 11.4. The quantitative estimate of drug-likeness (QED) is 0.727. The van der Waals surface area contributed by atoms with Gasteiger partial charge in [-0.15, -0.1) is 0 Å². The summed E-state index contributed by atoms with van der Waals surface area (Å²) in [6, 6.07) is 0. The molecule has 18 heavy (non-hydrogen) atoms. The maximum Gasteiger partial charge on any atom is 0.121 e. The molecule has 6 atom stereocenters. The normalized spacial score (nSPS) is 62.5. The topological polar surface area (TPSA) is 45.3 Å². The second-order valence-corrected chi connectivity index (χ2v) is 7.58. The summed E-state index contributed by atoms with van der Waals surface area (Å²) in [6.45, 7) is 6.37. The van der Waals surface area contributed by atoms with Gasteiger partial charge in [-0.25, -0.2) is 0 Å². The molecule has 0 bridgehead atoms. The van der Waals surface area contributed by atoms with Crippen LogP contribution in [0.15, 0.2) is 0 Å². The van der Waals surface area contributed by atoms with Crippen molar-refractivity contribution in [1.29, 1.82) is 0 Å². The summed E-state index contributed by atoms with van der Waals surface area (Å²) in [5.41, 5.74) is 0.341. The minimum absolute atomic E-state index is 0.139. The van der Waals surface area contributed by atoms with Crippen molar-refractivity contribution in [3.05, 3.63) is 0 Å². The van der Waals surface area contributed by atoms with Gasteiger partial charge in [-0.3, -0.25) is 0 Å². The van der Waals surface area contributed by atoms with Gasteiger partial charge in [0.05, 0.1) is 24.9 Å². The predicted molar refractivity (Wildman–Crippen MR) is 67.2 cm³/mol. The van der Waals surface area contributed by atoms with Crippen molar-refractivity contribution in [2.75, 3.05) is 13.2 Å². The Morgan fingerprint density at radius 3 is 2.33 bits per heavy atom. The van der Waals surface area contributed by atoms with Crippen LogP contribution >= 0.6 is 0 Å². The third-order valence-corrected chi connectivity index (χ3v) is 6.51. The van der Waals surface area contributed by atoms with E-state index in [9.17, 15) is 5.11 Å². The molecule has 1 N–H and O–H groups in total. The maximum absolute atomic E-state index is 10.3. The van der Waals surface area contributed by atoms with E-state index in [1.165, 1.54) is 19.3 Å². The SMILES string of the molecule is C[C@]12CC[C@@H]([C@@]3(C)CO3)C[C@@H]1[C@]1(CO1)[C@@H](O)CC2. The largest absolute Gasteiger partial charge is 0.390 e. The molecule has 2 aliphatic heterocycles. The van der Waals surface area contributed by atoms with E-state index in [1.807, 2.05) is 0 Å². The predicted octanol–water partition coefficient (Wildman–Crippen LogP) is 2.12. The summed E-state index contributed by atoms with van der Waals surface area (Å²) >= 11 is 0. The van der Waals surface area contributed by atoms with E-state index in [4.69, 9.17) is 9.47 Å². The standard InChI is InChI=1S/C15H24O3/c1-13-5-3-10(14(2)8-17-14)7-11(13)15(9-18-15)12(16)4-6-13/h10-12,16H,3-9H2,1-2H3/t10-,11+,12+,13-,14-,15-/m1/s1. The second-order valence-electron chi connectivity index (χ2n) is 7.58. The van der Waals surface area contributed by atoms with Gasteiger partial charge < -0.3 is 14.6 Å². The molecule has 0 unspecified atom stereocenters. The lowest BCUT2D eigenvalue weighted by molar-refractivity contribution is -0.0964. The summed E-state index contributed by atoms with van der Waals surface area (Å²) in [7, 11) is 0. The van der Waals surface area contributed by atoms with E-state index in [2.05, 4.69) is 13.8 Å². The van der Waals surface area contributed by atoms with Gasteiger partial charge in [0, 0.05) is 0 Å². The fourth-order valence-electron chi connectivity index (χ4n) is 4.78. The highest BCUT2D eigenvalue weighted by molar-refractivity contribution is 5.15. The lowest BCUT2D eigenvalue weighted by Crippen LogP contribution is -2.54. The van der Waals surface area contributed by atoms with Crippen LogP contribution in [0.1, 0.15) is 46.0 Å². The van der Waals surface area contributed by atoms with Gasteiger partial charge in [0.25, 0.3) is 0 Å². The van der Waals surface area contributed by atoms with E-state index in [0.717, 1.165) is 26.1 Å². The fraction of sp³-hybridized carbons (Fsp3) is 1.00.